The van der Waals surface area contributed by atoms with Crippen molar-refractivity contribution >= 4 is 16.8 Å². The fourth-order valence-corrected chi connectivity index (χ4v) is 4.36. The van der Waals surface area contributed by atoms with Crippen LogP contribution >= 0.6 is 0 Å². The predicted molar refractivity (Wildman–Crippen MR) is 126 cm³/mol. The van der Waals surface area contributed by atoms with Gasteiger partial charge in [0.15, 0.2) is 0 Å². The van der Waals surface area contributed by atoms with Gasteiger partial charge in [0.2, 0.25) is 0 Å². The van der Waals surface area contributed by atoms with Gasteiger partial charge in [-0.15, -0.1) is 0 Å². The molecule has 1 saturated heterocycles. The monoisotopic (exact) mass is 425 g/mol. The van der Waals surface area contributed by atoms with Crippen molar-refractivity contribution in [2.75, 3.05) is 26.2 Å². The number of nitrogens with zero attached hydrogens (tertiary/aromatic N) is 5. The van der Waals surface area contributed by atoms with Gasteiger partial charge in [0.05, 0.1) is 23.0 Å². The summed E-state index contributed by atoms with van der Waals surface area (Å²) < 4.78 is 1.75. The van der Waals surface area contributed by atoms with Gasteiger partial charge in [-0.1, -0.05) is 42.5 Å². The van der Waals surface area contributed by atoms with Crippen molar-refractivity contribution in [3.63, 3.8) is 0 Å². The van der Waals surface area contributed by atoms with E-state index in [2.05, 4.69) is 41.2 Å². The maximum absolute atomic E-state index is 13.6. The second-order valence-corrected chi connectivity index (χ2v) is 8.47. The molecule has 0 aliphatic carbocycles. The summed E-state index contributed by atoms with van der Waals surface area (Å²) >= 11 is 0. The van der Waals surface area contributed by atoms with Crippen LogP contribution in [0.3, 0.4) is 0 Å². The van der Waals surface area contributed by atoms with Crippen LogP contribution in [-0.4, -0.2) is 56.7 Å². The van der Waals surface area contributed by atoms with E-state index in [0.717, 1.165) is 54.9 Å². The highest BCUT2D eigenvalue weighted by atomic mass is 16.2. The molecule has 1 amide bonds. The van der Waals surface area contributed by atoms with E-state index in [9.17, 15) is 4.79 Å². The Bertz CT molecular complexity index is 1270. The average Bonchev–Trinajstić information content (AvgIpc) is 3.26. The van der Waals surface area contributed by atoms with E-state index in [4.69, 9.17) is 4.98 Å². The third kappa shape index (κ3) is 4.01. The largest absolute Gasteiger partial charge is 0.336 e. The first-order valence-electron chi connectivity index (χ1n) is 11.0. The molecular formula is C26H27N5O. The van der Waals surface area contributed by atoms with Crippen LogP contribution in [0.25, 0.3) is 22.2 Å². The first-order valence-corrected chi connectivity index (χ1v) is 11.0. The number of hydrogen-bond donors (Lipinski definition) is 0. The predicted octanol–water partition coefficient (Wildman–Crippen LogP) is 3.90. The summed E-state index contributed by atoms with van der Waals surface area (Å²) in [5, 5.41) is 5.16. The van der Waals surface area contributed by atoms with Crippen LogP contribution in [0.5, 0.6) is 0 Å². The Morgan fingerprint density at radius 2 is 1.75 bits per heavy atom. The standard InChI is InChI=1S/C26H27N5O/c1-19-7-3-4-8-20(19)18-30-11-13-31(14-12-30)26(32)23-15-25(21-16-27-29(2)17-21)28-24-10-6-5-9-22(23)24/h3-10,15-17H,11-14,18H2,1-2H3. The Morgan fingerprint density at radius 3 is 2.50 bits per heavy atom. The van der Waals surface area contributed by atoms with Crippen LogP contribution in [0.4, 0.5) is 0 Å². The molecule has 2 aromatic carbocycles. The maximum atomic E-state index is 13.6. The Kier molecular flexibility index (Phi) is 5.45. The molecule has 0 bridgehead atoms. The van der Waals surface area contributed by atoms with E-state index >= 15 is 0 Å². The summed E-state index contributed by atoms with van der Waals surface area (Å²) in [5.74, 6) is 0.0734. The van der Waals surface area contributed by atoms with Gasteiger partial charge in [-0.05, 0) is 30.2 Å². The highest BCUT2D eigenvalue weighted by Gasteiger charge is 2.24. The van der Waals surface area contributed by atoms with E-state index in [-0.39, 0.29) is 5.91 Å². The number of aryl methyl sites for hydroxylation is 2. The van der Waals surface area contributed by atoms with Crippen molar-refractivity contribution in [1.29, 1.82) is 0 Å². The fraction of sp³-hybridized carbons (Fsp3) is 0.269. The number of benzene rings is 2. The van der Waals surface area contributed by atoms with E-state index < -0.39 is 0 Å². The summed E-state index contributed by atoms with van der Waals surface area (Å²) in [6, 6.07) is 18.3. The summed E-state index contributed by atoms with van der Waals surface area (Å²) in [5.41, 5.74) is 5.90. The Balaban J connectivity index is 1.37. The third-order valence-electron chi connectivity index (χ3n) is 6.26. The van der Waals surface area contributed by atoms with Crippen LogP contribution in [0.1, 0.15) is 21.5 Å². The van der Waals surface area contributed by atoms with Crippen molar-refractivity contribution in [3.05, 3.63) is 83.7 Å². The van der Waals surface area contributed by atoms with Crippen LogP contribution in [0, 0.1) is 6.92 Å². The van der Waals surface area contributed by atoms with E-state index in [1.165, 1.54) is 11.1 Å². The summed E-state index contributed by atoms with van der Waals surface area (Å²) in [4.78, 5) is 22.8. The maximum Gasteiger partial charge on any atom is 0.254 e. The molecule has 0 N–H and O–H groups in total. The molecule has 1 fully saturated rings. The molecule has 0 atom stereocenters. The highest BCUT2D eigenvalue weighted by Crippen LogP contribution is 2.26. The van der Waals surface area contributed by atoms with Gasteiger partial charge in [-0.25, -0.2) is 4.98 Å². The normalized spacial score (nSPS) is 14.8. The second-order valence-electron chi connectivity index (χ2n) is 8.47. The van der Waals surface area contributed by atoms with Crippen LogP contribution in [0.15, 0.2) is 67.0 Å². The number of fused-ring (bicyclic) bond motifs is 1. The van der Waals surface area contributed by atoms with Gasteiger partial charge < -0.3 is 4.90 Å². The zero-order chi connectivity index (χ0) is 22.1. The smallest absolute Gasteiger partial charge is 0.254 e. The second kappa shape index (κ2) is 8.55. The van der Waals surface area contributed by atoms with Crippen molar-refractivity contribution in [2.24, 2.45) is 7.05 Å². The number of para-hydroxylation sites is 1. The summed E-state index contributed by atoms with van der Waals surface area (Å²) in [6.07, 6.45) is 3.71. The lowest BCUT2D eigenvalue weighted by Gasteiger charge is -2.35. The molecule has 0 unspecified atom stereocenters. The number of aromatic nitrogens is 3. The van der Waals surface area contributed by atoms with Crippen molar-refractivity contribution in [1.82, 2.24) is 24.6 Å². The first kappa shape index (κ1) is 20.4. The van der Waals surface area contributed by atoms with Gasteiger partial charge in [-0.3, -0.25) is 14.4 Å². The number of pyridine rings is 1. The lowest BCUT2D eigenvalue weighted by molar-refractivity contribution is 0.0630. The molecule has 1 aliphatic heterocycles. The number of carbonyl (C=O) groups is 1. The van der Waals surface area contributed by atoms with Gasteiger partial charge in [0.25, 0.3) is 5.91 Å². The average molecular weight is 426 g/mol. The molecular weight excluding hydrogens is 398 g/mol. The number of piperazine rings is 1. The lowest BCUT2D eigenvalue weighted by atomic mass is 10.0. The number of amides is 1. The van der Waals surface area contributed by atoms with E-state index in [1.807, 2.05) is 48.5 Å². The van der Waals surface area contributed by atoms with Crippen molar-refractivity contribution < 1.29 is 4.79 Å². The Hall–Kier alpha value is -3.51. The first-order chi connectivity index (χ1) is 15.6. The van der Waals surface area contributed by atoms with Gasteiger partial charge in [0, 0.05) is 56.9 Å². The summed E-state index contributed by atoms with van der Waals surface area (Å²) in [6.45, 7) is 6.28. The SMILES string of the molecule is Cc1ccccc1CN1CCN(C(=O)c2cc(-c3cnn(C)c3)nc3ccccc23)CC1. The van der Waals surface area contributed by atoms with Crippen LogP contribution < -0.4 is 0 Å². The van der Waals surface area contributed by atoms with Gasteiger partial charge in [-0.2, -0.15) is 5.10 Å². The quantitative estimate of drug-likeness (QED) is 0.498. The Labute approximate surface area is 188 Å². The van der Waals surface area contributed by atoms with E-state index in [1.54, 1.807) is 10.9 Å². The molecule has 0 radical (unpaired) electrons. The minimum absolute atomic E-state index is 0.0734. The van der Waals surface area contributed by atoms with Gasteiger partial charge in [0.1, 0.15) is 0 Å². The molecule has 32 heavy (non-hydrogen) atoms. The van der Waals surface area contributed by atoms with Crippen LogP contribution in [0.2, 0.25) is 0 Å². The fourth-order valence-electron chi connectivity index (χ4n) is 4.36. The third-order valence-corrected chi connectivity index (χ3v) is 6.26. The molecule has 0 spiro atoms. The molecule has 5 rings (SSSR count). The zero-order valence-corrected chi connectivity index (χ0v) is 18.5. The Morgan fingerprint density at radius 1 is 1.00 bits per heavy atom. The van der Waals surface area contributed by atoms with Gasteiger partial charge >= 0.3 is 0 Å². The molecule has 3 heterocycles. The molecule has 4 aromatic rings. The molecule has 1 aliphatic rings. The topological polar surface area (TPSA) is 54.3 Å². The van der Waals surface area contributed by atoms with Crippen molar-refractivity contribution in [3.8, 4) is 11.3 Å². The van der Waals surface area contributed by atoms with E-state index in [0.29, 0.717) is 5.56 Å². The van der Waals surface area contributed by atoms with Crippen molar-refractivity contribution in [2.45, 2.75) is 13.5 Å². The number of carbonyl (C=O) groups excluding carboxylic acids is 1. The molecule has 2 aromatic heterocycles. The van der Waals surface area contributed by atoms with Crippen LogP contribution in [-0.2, 0) is 13.6 Å². The summed E-state index contributed by atoms with van der Waals surface area (Å²) in [7, 11) is 1.88. The molecule has 162 valence electrons. The minimum Gasteiger partial charge on any atom is -0.336 e. The highest BCUT2D eigenvalue weighted by molar-refractivity contribution is 6.07. The number of hydrogen-bond acceptors (Lipinski definition) is 4. The minimum atomic E-state index is 0.0734. The molecule has 0 saturated carbocycles. The lowest BCUT2D eigenvalue weighted by Crippen LogP contribution is -2.48. The molecule has 6 nitrogen and oxygen atoms in total. The number of rotatable bonds is 4. The molecule has 6 heteroatoms. The zero-order valence-electron chi connectivity index (χ0n) is 18.5.